The summed E-state index contributed by atoms with van der Waals surface area (Å²) in [5.74, 6) is 0.328. The van der Waals surface area contributed by atoms with Crippen molar-refractivity contribution in [1.29, 1.82) is 0 Å². The number of hydrogen-bond donors (Lipinski definition) is 0. The normalized spacial score (nSPS) is 10.6. The Bertz CT molecular complexity index is 605. The van der Waals surface area contributed by atoms with Crippen LogP contribution in [0.25, 0.3) is 0 Å². The summed E-state index contributed by atoms with van der Waals surface area (Å²) in [6.07, 6.45) is 0.359. The molecule has 104 valence electrons. The van der Waals surface area contributed by atoms with E-state index in [0.29, 0.717) is 12.2 Å². The molecule has 2 rings (SSSR count). The van der Waals surface area contributed by atoms with E-state index >= 15 is 0 Å². The number of carbonyl (C=O) groups excluding carboxylic acids is 1. The van der Waals surface area contributed by atoms with Gasteiger partial charge in [-0.05, 0) is 43.2 Å². The average molecular weight is 288 g/mol. The monoisotopic (exact) mass is 288 g/mol. The number of hydrogen-bond acceptors (Lipinski definition) is 2. The zero-order chi connectivity index (χ0) is 14.5. The van der Waals surface area contributed by atoms with Crippen molar-refractivity contribution in [3.8, 4) is 0 Å². The summed E-state index contributed by atoms with van der Waals surface area (Å²) < 4.78 is 12.8. The number of benzene rings is 2. The van der Waals surface area contributed by atoms with Gasteiger partial charge in [0.2, 0.25) is 0 Å². The van der Waals surface area contributed by atoms with Gasteiger partial charge in [0.15, 0.2) is 0 Å². The summed E-state index contributed by atoms with van der Waals surface area (Å²) in [7, 11) is 0. The lowest BCUT2D eigenvalue weighted by atomic mass is 10.1. The Hall–Kier alpha value is -1.61. The van der Waals surface area contributed by atoms with E-state index in [9.17, 15) is 9.18 Å². The summed E-state index contributed by atoms with van der Waals surface area (Å²) in [5.41, 5.74) is 3.28. The molecule has 0 radical (unpaired) electrons. The Morgan fingerprint density at radius 2 is 1.80 bits per heavy atom. The number of rotatable bonds is 5. The maximum absolute atomic E-state index is 12.8. The van der Waals surface area contributed by atoms with Crippen LogP contribution in [0.5, 0.6) is 0 Å². The van der Waals surface area contributed by atoms with Crippen LogP contribution < -0.4 is 0 Å². The number of thioether (sulfide) groups is 1. The second-order valence-corrected chi connectivity index (χ2v) is 5.92. The highest BCUT2D eigenvalue weighted by Gasteiger charge is 2.07. The quantitative estimate of drug-likeness (QED) is 0.761. The molecule has 0 heterocycles. The van der Waals surface area contributed by atoms with Crippen molar-refractivity contribution in [3.63, 3.8) is 0 Å². The standard InChI is InChI=1S/C17H17FOS/c1-12-3-8-17(13(2)9-12)20-11-16(19)10-14-4-6-15(18)7-5-14/h3-9H,10-11H2,1-2H3. The molecule has 0 unspecified atom stereocenters. The van der Waals surface area contributed by atoms with Gasteiger partial charge >= 0.3 is 0 Å². The number of carbonyl (C=O) groups is 1. The molecular weight excluding hydrogens is 271 g/mol. The second kappa shape index (κ2) is 6.71. The van der Waals surface area contributed by atoms with E-state index in [1.807, 2.05) is 0 Å². The first-order valence-electron chi connectivity index (χ1n) is 6.51. The second-order valence-electron chi connectivity index (χ2n) is 4.90. The van der Waals surface area contributed by atoms with E-state index in [1.165, 1.54) is 23.3 Å². The van der Waals surface area contributed by atoms with Crippen LogP contribution in [0.3, 0.4) is 0 Å². The summed E-state index contributed by atoms with van der Waals surface area (Å²) in [6, 6.07) is 12.3. The number of Topliss-reactive ketones (excluding diaryl/α,β-unsaturated/α-hetero) is 1. The SMILES string of the molecule is Cc1ccc(SCC(=O)Cc2ccc(F)cc2)c(C)c1. The van der Waals surface area contributed by atoms with E-state index < -0.39 is 0 Å². The van der Waals surface area contributed by atoms with Gasteiger partial charge in [-0.15, -0.1) is 11.8 Å². The van der Waals surface area contributed by atoms with Crippen molar-refractivity contribution in [3.05, 3.63) is 65.0 Å². The highest BCUT2D eigenvalue weighted by atomic mass is 32.2. The maximum Gasteiger partial charge on any atom is 0.147 e. The summed E-state index contributed by atoms with van der Waals surface area (Å²) in [4.78, 5) is 13.1. The number of ketones is 1. The Morgan fingerprint density at radius 1 is 1.10 bits per heavy atom. The van der Waals surface area contributed by atoms with Gasteiger partial charge in [-0.1, -0.05) is 29.8 Å². The summed E-state index contributed by atoms with van der Waals surface area (Å²) in [6.45, 7) is 4.11. The molecule has 0 saturated carbocycles. The number of aryl methyl sites for hydroxylation is 2. The minimum atomic E-state index is -0.272. The fourth-order valence-corrected chi connectivity index (χ4v) is 2.87. The van der Waals surface area contributed by atoms with E-state index in [4.69, 9.17) is 0 Å². The lowest BCUT2D eigenvalue weighted by Gasteiger charge is -2.06. The molecule has 1 nitrogen and oxygen atoms in total. The van der Waals surface area contributed by atoms with E-state index in [1.54, 1.807) is 23.9 Å². The largest absolute Gasteiger partial charge is 0.298 e. The smallest absolute Gasteiger partial charge is 0.147 e. The highest BCUT2D eigenvalue weighted by molar-refractivity contribution is 8.00. The van der Waals surface area contributed by atoms with Crippen LogP contribution in [0.2, 0.25) is 0 Å². The first-order valence-corrected chi connectivity index (χ1v) is 7.49. The first kappa shape index (κ1) is 14.8. The Balaban J connectivity index is 1.90. The minimum Gasteiger partial charge on any atom is -0.298 e. The van der Waals surface area contributed by atoms with Gasteiger partial charge in [-0.3, -0.25) is 4.79 Å². The summed E-state index contributed by atoms with van der Waals surface area (Å²) >= 11 is 1.56. The van der Waals surface area contributed by atoms with Crippen molar-refractivity contribution in [2.75, 3.05) is 5.75 Å². The lowest BCUT2D eigenvalue weighted by molar-refractivity contribution is -0.116. The molecule has 0 spiro atoms. The zero-order valence-corrected chi connectivity index (χ0v) is 12.5. The third-order valence-electron chi connectivity index (χ3n) is 3.03. The molecule has 0 aliphatic carbocycles. The third kappa shape index (κ3) is 4.20. The van der Waals surface area contributed by atoms with Gasteiger partial charge in [0, 0.05) is 11.3 Å². The zero-order valence-electron chi connectivity index (χ0n) is 11.7. The molecule has 0 aromatic heterocycles. The molecule has 0 saturated heterocycles. The molecule has 0 N–H and O–H groups in total. The van der Waals surface area contributed by atoms with Gasteiger partial charge in [-0.25, -0.2) is 4.39 Å². The maximum atomic E-state index is 12.8. The van der Waals surface area contributed by atoms with Crippen LogP contribution in [-0.2, 0) is 11.2 Å². The van der Waals surface area contributed by atoms with Crippen LogP contribution in [0.4, 0.5) is 4.39 Å². The van der Waals surface area contributed by atoms with Gasteiger partial charge in [0.25, 0.3) is 0 Å². The van der Waals surface area contributed by atoms with Gasteiger partial charge in [-0.2, -0.15) is 0 Å². The molecule has 2 aromatic carbocycles. The molecular formula is C17H17FOS. The molecule has 0 atom stereocenters. The Morgan fingerprint density at radius 3 is 2.45 bits per heavy atom. The van der Waals surface area contributed by atoms with Gasteiger partial charge < -0.3 is 0 Å². The van der Waals surface area contributed by atoms with Crippen LogP contribution in [0.1, 0.15) is 16.7 Å². The van der Waals surface area contributed by atoms with Crippen molar-refractivity contribution >= 4 is 17.5 Å². The fourth-order valence-electron chi connectivity index (χ4n) is 2.00. The highest BCUT2D eigenvalue weighted by Crippen LogP contribution is 2.23. The molecule has 0 amide bonds. The topological polar surface area (TPSA) is 17.1 Å². The van der Waals surface area contributed by atoms with E-state index in [-0.39, 0.29) is 11.6 Å². The van der Waals surface area contributed by atoms with Crippen molar-refractivity contribution in [2.45, 2.75) is 25.2 Å². The fraction of sp³-hybridized carbons (Fsp3) is 0.235. The molecule has 20 heavy (non-hydrogen) atoms. The Labute approximate surface area is 123 Å². The molecule has 2 aromatic rings. The van der Waals surface area contributed by atoms with Crippen LogP contribution in [-0.4, -0.2) is 11.5 Å². The van der Waals surface area contributed by atoms with Crippen molar-refractivity contribution in [2.24, 2.45) is 0 Å². The van der Waals surface area contributed by atoms with Gasteiger partial charge in [0.1, 0.15) is 11.6 Å². The summed E-state index contributed by atoms with van der Waals surface area (Å²) in [5, 5.41) is 0. The molecule has 0 fully saturated rings. The average Bonchev–Trinajstić information content (AvgIpc) is 2.40. The molecule has 3 heteroatoms. The molecule has 0 aliphatic heterocycles. The van der Waals surface area contributed by atoms with Crippen molar-refractivity contribution in [1.82, 2.24) is 0 Å². The molecule has 0 bridgehead atoms. The van der Waals surface area contributed by atoms with Crippen LogP contribution >= 0.6 is 11.8 Å². The predicted molar refractivity (Wildman–Crippen MR) is 81.8 cm³/mol. The Kier molecular flexibility index (Phi) is 4.96. The lowest BCUT2D eigenvalue weighted by Crippen LogP contribution is -2.05. The van der Waals surface area contributed by atoms with Gasteiger partial charge in [0.05, 0.1) is 5.75 Å². The van der Waals surface area contributed by atoms with Crippen LogP contribution in [0.15, 0.2) is 47.4 Å². The molecule has 0 aliphatic rings. The first-order chi connectivity index (χ1) is 9.54. The van der Waals surface area contributed by atoms with E-state index in [0.717, 1.165) is 10.5 Å². The predicted octanol–water partition coefficient (Wildman–Crippen LogP) is 4.35. The van der Waals surface area contributed by atoms with Crippen molar-refractivity contribution < 1.29 is 9.18 Å². The third-order valence-corrected chi connectivity index (χ3v) is 4.27. The number of halogens is 1. The minimum absolute atomic E-state index is 0.154. The van der Waals surface area contributed by atoms with E-state index in [2.05, 4.69) is 32.0 Å². The van der Waals surface area contributed by atoms with Crippen LogP contribution in [0, 0.1) is 19.7 Å².